The lowest BCUT2D eigenvalue weighted by atomic mass is 10.0. The summed E-state index contributed by atoms with van der Waals surface area (Å²) in [6.45, 7) is 1.75. The van der Waals surface area contributed by atoms with Crippen LogP contribution in [0, 0.1) is 6.92 Å². The highest BCUT2D eigenvalue weighted by Crippen LogP contribution is 2.20. The molecule has 29 heavy (non-hydrogen) atoms. The maximum atomic E-state index is 12.8. The van der Waals surface area contributed by atoms with Gasteiger partial charge in [-0.05, 0) is 43.0 Å². The number of aryl methyl sites for hydroxylation is 1. The number of rotatable bonds is 8. The second kappa shape index (κ2) is 8.65. The van der Waals surface area contributed by atoms with E-state index in [1.54, 1.807) is 19.1 Å². The Morgan fingerprint density at radius 1 is 1.10 bits per heavy atom. The molecular weight excluding hydrogens is 390 g/mol. The largest absolute Gasteiger partial charge is 0.352 e. The molecular formula is C21H25N3O4S. The van der Waals surface area contributed by atoms with Gasteiger partial charge in [0, 0.05) is 18.0 Å². The van der Waals surface area contributed by atoms with Gasteiger partial charge in [0.2, 0.25) is 15.9 Å². The average molecular weight is 416 g/mol. The lowest BCUT2D eigenvalue weighted by Gasteiger charge is -2.19. The Hall–Kier alpha value is -2.87. The lowest BCUT2D eigenvalue weighted by molar-refractivity contribution is -0.123. The van der Waals surface area contributed by atoms with Crippen molar-refractivity contribution >= 4 is 27.5 Å². The Morgan fingerprint density at radius 3 is 2.41 bits per heavy atom. The summed E-state index contributed by atoms with van der Waals surface area (Å²) in [5, 5.41) is 5.73. The quantitative estimate of drug-likeness (QED) is 0.613. The number of hydrogen-bond donors (Lipinski definition) is 3. The third kappa shape index (κ3) is 6.32. The van der Waals surface area contributed by atoms with Crippen molar-refractivity contribution in [1.82, 2.24) is 10.6 Å². The molecule has 0 heterocycles. The molecule has 0 aromatic heterocycles. The Morgan fingerprint density at radius 2 is 1.79 bits per heavy atom. The fourth-order valence-corrected chi connectivity index (χ4v) is 3.52. The summed E-state index contributed by atoms with van der Waals surface area (Å²) in [4.78, 5) is 25.5. The van der Waals surface area contributed by atoms with Gasteiger partial charge in [-0.25, -0.2) is 8.42 Å². The smallest absolute Gasteiger partial charge is 0.252 e. The van der Waals surface area contributed by atoms with Crippen molar-refractivity contribution in [2.45, 2.75) is 38.3 Å². The van der Waals surface area contributed by atoms with Crippen LogP contribution in [0.1, 0.15) is 34.3 Å². The summed E-state index contributed by atoms with van der Waals surface area (Å²) < 4.78 is 25.5. The first-order chi connectivity index (χ1) is 13.7. The van der Waals surface area contributed by atoms with Crippen molar-refractivity contribution in [1.29, 1.82) is 0 Å². The molecule has 154 valence electrons. The molecule has 1 saturated carbocycles. The van der Waals surface area contributed by atoms with Gasteiger partial charge in [-0.1, -0.05) is 36.4 Å². The highest BCUT2D eigenvalue weighted by Gasteiger charge is 2.29. The van der Waals surface area contributed by atoms with Gasteiger partial charge in [0.1, 0.15) is 6.04 Å². The molecule has 1 unspecified atom stereocenters. The van der Waals surface area contributed by atoms with E-state index in [-0.39, 0.29) is 17.5 Å². The zero-order valence-corrected chi connectivity index (χ0v) is 17.3. The SMILES string of the molecule is Cc1ccc(C(=O)NC(Cc2ccccc2)C(=O)NC2CC2)cc1NS(C)(=O)=O. The topological polar surface area (TPSA) is 104 Å². The van der Waals surface area contributed by atoms with Crippen LogP contribution in [0.2, 0.25) is 0 Å². The van der Waals surface area contributed by atoms with Crippen LogP contribution in [0.15, 0.2) is 48.5 Å². The van der Waals surface area contributed by atoms with E-state index in [1.165, 1.54) is 6.07 Å². The summed E-state index contributed by atoms with van der Waals surface area (Å²) in [5.41, 5.74) is 2.24. The Kier molecular flexibility index (Phi) is 6.22. The van der Waals surface area contributed by atoms with Crippen molar-refractivity contribution in [3.05, 3.63) is 65.2 Å². The summed E-state index contributed by atoms with van der Waals surface area (Å²) in [7, 11) is -3.47. The normalized spacial score (nSPS) is 14.7. The Balaban J connectivity index is 1.78. The molecule has 0 aliphatic heterocycles. The van der Waals surface area contributed by atoms with Gasteiger partial charge in [0.15, 0.2) is 0 Å². The molecule has 1 aliphatic rings. The van der Waals surface area contributed by atoms with Gasteiger partial charge in [0.25, 0.3) is 5.91 Å². The molecule has 3 N–H and O–H groups in total. The van der Waals surface area contributed by atoms with E-state index in [9.17, 15) is 18.0 Å². The maximum absolute atomic E-state index is 12.8. The number of amides is 2. The number of carbonyl (C=O) groups is 2. The van der Waals surface area contributed by atoms with E-state index in [4.69, 9.17) is 0 Å². The van der Waals surface area contributed by atoms with Crippen LogP contribution in [0.25, 0.3) is 0 Å². The second-order valence-corrected chi connectivity index (χ2v) is 9.15. The first-order valence-corrected chi connectivity index (χ1v) is 11.3. The van der Waals surface area contributed by atoms with Crippen LogP contribution in [-0.4, -0.2) is 38.6 Å². The van der Waals surface area contributed by atoms with Gasteiger partial charge >= 0.3 is 0 Å². The third-order valence-corrected chi connectivity index (χ3v) is 5.21. The zero-order chi connectivity index (χ0) is 21.0. The summed E-state index contributed by atoms with van der Waals surface area (Å²) in [6, 6.07) is 13.7. The van der Waals surface area contributed by atoms with Crippen molar-refractivity contribution in [3.8, 4) is 0 Å². The van der Waals surface area contributed by atoms with Crippen LogP contribution in [-0.2, 0) is 21.2 Å². The Labute approximate surface area is 171 Å². The molecule has 2 amide bonds. The predicted octanol–water partition coefficient (Wildman–Crippen LogP) is 1.99. The number of carbonyl (C=O) groups excluding carboxylic acids is 2. The standard InChI is InChI=1S/C21H25N3O4S/c1-14-8-9-16(13-18(14)24-29(2,27)28)20(25)23-19(21(26)22-17-10-11-17)12-15-6-4-3-5-7-15/h3-9,13,17,19,24H,10-12H2,1-2H3,(H,22,26)(H,23,25). The van der Waals surface area contributed by atoms with E-state index in [2.05, 4.69) is 15.4 Å². The monoisotopic (exact) mass is 415 g/mol. The minimum Gasteiger partial charge on any atom is -0.352 e. The van der Waals surface area contributed by atoms with Gasteiger partial charge in [-0.15, -0.1) is 0 Å². The molecule has 0 saturated heterocycles. The van der Waals surface area contributed by atoms with Gasteiger partial charge < -0.3 is 10.6 Å². The molecule has 0 spiro atoms. The minimum atomic E-state index is -3.47. The number of nitrogens with one attached hydrogen (secondary N) is 3. The molecule has 0 bridgehead atoms. The molecule has 0 radical (unpaired) electrons. The van der Waals surface area contributed by atoms with Crippen molar-refractivity contribution in [3.63, 3.8) is 0 Å². The third-order valence-electron chi connectivity index (χ3n) is 4.62. The van der Waals surface area contributed by atoms with Crippen LogP contribution in [0.3, 0.4) is 0 Å². The first-order valence-electron chi connectivity index (χ1n) is 9.45. The maximum Gasteiger partial charge on any atom is 0.252 e. The molecule has 1 aliphatic carbocycles. The van der Waals surface area contributed by atoms with Crippen molar-refractivity contribution in [2.24, 2.45) is 0 Å². The minimum absolute atomic E-state index is 0.183. The highest BCUT2D eigenvalue weighted by atomic mass is 32.2. The van der Waals surface area contributed by atoms with E-state index < -0.39 is 22.0 Å². The van der Waals surface area contributed by atoms with Crippen LogP contribution < -0.4 is 15.4 Å². The number of benzene rings is 2. The zero-order valence-electron chi connectivity index (χ0n) is 16.4. The van der Waals surface area contributed by atoms with Gasteiger partial charge in [-0.3, -0.25) is 14.3 Å². The van der Waals surface area contributed by atoms with Gasteiger partial charge in [0.05, 0.1) is 11.9 Å². The lowest BCUT2D eigenvalue weighted by Crippen LogP contribution is -2.48. The van der Waals surface area contributed by atoms with E-state index in [1.807, 2.05) is 30.3 Å². The fraction of sp³-hybridized carbons (Fsp3) is 0.333. The van der Waals surface area contributed by atoms with E-state index in [0.29, 0.717) is 17.7 Å². The first kappa shape index (κ1) is 20.9. The number of sulfonamides is 1. The average Bonchev–Trinajstić information content (AvgIpc) is 3.46. The van der Waals surface area contributed by atoms with Crippen LogP contribution in [0.4, 0.5) is 5.69 Å². The molecule has 7 nitrogen and oxygen atoms in total. The van der Waals surface area contributed by atoms with Gasteiger partial charge in [-0.2, -0.15) is 0 Å². The molecule has 1 atom stereocenters. The molecule has 3 rings (SSSR count). The molecule has 8 heteroatoms. The molecule has 2 aromatic carbocycles. The highest BCUT2D eigenvalue weighted by molar-refractivity contribution is 7.92. The molecule has 2 aromatic rings. The molecule has 1 fully saturated rings. The number of anilines is 1. The summed E-state index contributed by atoms with van der Waals surface area (Å²) in [5.74, 6) is -0.653. The second-order valence-electron chi connectivity index (χ2n) is 7.40. The van der Waals surface area contributed by atoms with Crippen LogP contribution >= 0.6 is 0 Å². The summed E-state index contributed by atoms with van der Waals surface area (Å²) in [6.07, 6.45) is 3.33. The predicted molar refractivity (Wildman–Crippen MR) is 112 cm³/mol. The van der Waals surface area contributed by atoms with Crippen molar-refractivity contribution in [2.75, 3.05) is 11.0 Å². The fourth-order valence-electron chi connectivity index (χ4n) is 2.90. The van der Waals surface area contributed by atoms with E-state index in [0.717, 1.165) is 24.7 Å². The Bertz CT molecular complexity index is 1000. The van der Waals surface area contributed by atoms with E-state index >= 15 is 0 Å². The summed E-state index contributed by atoms with van der Waals surface area (Å²) >= 11 is 0. The number of hydrogen-bond acceptors (Lipinski definition) is 4. The van der Waals surface area contributed by atoms with Crippen LogP contribution in [0.5, 0.6) is 0 Å². The van der Waals surface area contributed by atoms with Crippen molar-refractivity contribution < 1.29 is 18.0 Å².